The van der Waals surface area contributed by atoms with Gasteiger partial charge in [0, 0.05) is 17.5 Å². The highest BCUT2D eigenvalue weighted by atomic mass is 35.5. The van der Waals surface area contributed by atoms with Crippen LogP contribution in [0.1, 0.15) is 19.4 Å². The summed E-state index contributed by atoms with van der Waals surface area (Å²) in [7, 11) is 0. The molecular formula is C12H14ClN3S2. The molecule has 0 aliphatic carbocycles. The van der Waals surface area contributed by atoms with E-state index in [4.69, 9.17) is 11.6 Å². The zero-order valence-corrected chi connectivity index (χ0v) is 12.6. The minimum absolute atomic E-state index is 0.448. The summed E-state index contributed by atoms with van der Waals surface area (Å²) in [4.78, 5) is 1.06. The predicted molar refractivity (Wildman–Crippen MR) is 77.5 cm³/mol. The average molecular weight is 300 g/mol. The van der Waals surface area contributed by atoms with Crippen LogP contribution in [0, 0.1) is 0 Å². The summed E-state index contributed by atoms with van der Waals surface area (Å²) in [6, 6.07) is 6.42. The fraction of sp³-hybridized carbons (Fsp3) is 0.333. The molecule has 0 fully saturated rings. The highest BCUT2D eigenvalue weighted by Crippen LogP contribution is 2.36. The van der Waals surface area contributed by atoms with Crippen molar-refractivity contribution in [1.29, 1.82) is 0 Å². The maximum atomic E-state index is 6.27. The van der Waals surface area contributed by atoms with E-state index in [1.165, 1.54) is 16.9 Å². The van der Waals surface area contributed by atoms with E-state index in [9.17, 15) is 0 Å². The fourth-order valence-corrected chi connectivity index (χ4v) is 3.28. The Morgan fingerprint density at radius 2 is 2.28 bits per heavy atom. The van der Waals surface area contributed by atoms with Crippen LogP contribution in [-0.4, -0.2) is 16.2 Å². The Hall–Kier alpha value is -0.620. The Bertz CT molecular complexity index is 500. The van der Waals surface area contributed by atoms with Crippen LogP contribution in [0.15, 0.2) is 32.9 Å². The summed E-state index contributed by atoms with van der Waals surface area (Å²) in [5.74, 6) is 0. The summed E-state index contributed by atoms with van der Waals surface area (Å²) in [5.41, 5.74) is 2.92. The van der Waals surface area contributed by atoms with Crippen LogP contribution >= 0.6 is 34.7 Å². The van der Waals surface area contributed by atoms with E-state index in [0.29, 0.717) is 6.04 Å². The predicted octanol–water partition coefficient (Wildman–Crippen LogP) is 3.84. The highest BCUT2D eigenvalue weighted by molar-refractivity contribution is 8.01. The normalized spacial score (nSPS) is 11.1. The first-order chi connectivity index (χ1) is 8.66. The van der Waals surface area contributed by atoms with E-state index in [-0.39, 0.29) is 0 Å². The molecule has 0 unspecified atom stereocenters. The van der Waals surface area contributed by atoms with Crippen molar-refractivity contribution < 1.29 is 0 Å². The lowest BCUT2D eigenvalue weighted by molar-refractivity contribution is 0.585. The molecule has 1 heterocycles. The molecule has 6 heteroatoms. The molecule has 3 nitrogen and oxygen atoms in total. The van der Waals surface area contributed by atoms with Gasteiger partial charge in [-0.25, -0.2) is 0 Å². The van der Waals surface area contributed by atoms with Crippen molar-refractivity contribution in [3.8, 4) is 0 Å². The molecule has 2 aromatic rings. The summed E-state index contributed by atoms with van der Waals surface area (Å²) in [6.45, 7) is 5.06. The largest absolute Gasteiger partial charge is 0.310 e. The van der Waals surface area contributed by atoms with Crippen LogP contribution in [0.4, 0.5) is 0 Å². The van der Waals surface area contributed by atoms with E-state index >= 15 is 0 Å². The second-order valence-electron chi connectivity index (χ2n) is 4.07. The smallest absolute Gasteiger partial charge is 0.178 e. The third kappa shape index (κ3) is 3.68. The molecule has 1 aromatic carbocycles. The van der Waals surface area contributed by atoms with Gasteiger partial charge in [-0.05, 0) is 11.6 Å². The maximum absolute atomic E-state index is 6.27. The standard InChI is InChI=1S/C12H14ClN3S2/c1-8(2)14-6-9-4-3-5-10(13)11(9)18-12-16-15-7-17-12/h3-5,7-8,14H,6H2,1-2H3. The van der Waals surface area contributed by atoms with Crippen molar-refractivity contribution in [3.05, 3.63) is 34.3 Å². The quantitative estimate of drug-likeness (QED) is 0.910. The summed E-state index contributed by atoms with van der Waals surface area (Å²) in [5, 5.41) is 12.0. The first-order valence-electron chi connectivity index (χ1n) is 5.61. The fourth-order valence-electron chi connectivity index (χ4n) is 1.42. The zero-order valence-electron chi connectivity index (χ0n) is 10.2. The lowest BCUT2D eigenvalue weighted by Crippen LogP contribution is -2.22. The molecule has 18 heavy (non-hydrogen) atoms. The molecule has 0 aliphatic heterocycles. The van der Waals surface area contributed by atoms with Crippen molar-refractivity contribution in [1.82, 2.24) is 15.5 Å². The van der Waals surface area contributed by atoms with Crippen LogP contribution in [0.3, 0.4) is 0 Å². The van der Waals surface area contributed by atoms with Crippen LogP contribution in [-0.2, 0) is 6.54 Å². The van der Waals surface area contributed by atoms with E-state index in [0.717, 1.165) is 20.8 Å². The van der Waals surface area contributed by atoms with E-state index in [1.807, 2.05) is 12.1 Å². The summed E-state index contributed by atoms with van der Waals surface area (Å²) in [6.07, 6.45) is 0. The topological polar surface area (TPSA) is 37.8 Å². The Morgan fingerprint density at radius 1 is 1.44 bits per heavy atom. The number of hydrogen-bond donors (Lipinski definition) is 1. The van der Waals surface area contributed by atoms with Gasteiger partial charge in [0.05, 0.1) is 5.02 Å². The summed E-state index contributed by atoms with van der Waals surface area (Å²) < 4.78 is 0.911. The molecule has 0 atom stereocenters. The number of rotatable bonds is 5. The third-order valence-corrected chi connectivity index (χ3v) is 4.67. The minimum atomic E-state index is 0.448. The number of aromatic nitrogens is 2. The third-order valence-electron chi connectivity index (χ3n) is 2.28. The van der Waals surface area contributed by atoms with E-state index in [1.54, 1.807) is 17.3 Å². The van der Waals surface area contributed by atoms with Gasteiger partial charge >= 0.3 is 0 Å². The Balaban J connectivity index is 2.21. The Kier molecular flexibility index (Phi) is 5.00. The van der Waals surface area contributed by atoms with Crippen molar-refractivity contribution in [2.24, 2.45) is 0 Å². The van der Waals surface area contributed by atoms with Gasteiger partial charge in [-0.1, -0.05) is 60.7 Å². The number of hydrogen-bond acceptors (Lipinski definition) is 5. The van der Waals surface area contributed by atoms with Gasteiger partial charge in [-0.15, -0.1) is 10.2 Å². The number of nitrogens with one attached hydrogen (secondary N) is 1. The molecule has 1 N–H and O–H groups in total. The zero-order chi connectivity index (χ0) is 13.0. The Morgan fingerprint density at radius 3 is 2.94 bits per heavy atom. The molecule has 0 spiro atoms. The molecule has 2 rings (SSSR count). The van der Waals surface area contributed by atoms with Crippen molar-refractivity contribution in [2.75, 3.05) is 0 Å². The van der Waals surface area contributed by atoms with Gasteiger partial charge in [0.2, 0.25) is 0 Å². The van der Waals surface area contributed by atoms with Crippen LogP contribution in [0.5, 0.6) is 0 Å². The number of nitrogens with zero attached hydrogens (tertiary/aromatic N) is 2. The highest BCUT2D eigenvalue weighted by Gasteiger charge is 2.11. The molecular weight excluding hydrogens is 286 g/mol. The van der Waals surface area contributed by atoms with Gasteiger partial charge in [0.1, 0.15) is 5.51 Å². The molecule has 0 saturated heterocycles. The second-order valence-corrected chi connectivity index (χ2v) is 6.57. The van der Waals surface area contributed by atoms with E-state index in [2.05, 4.69) is 35.4 Å². The molecule has 0 radical (unpaired) electrons. The SMILES string of the molecule is CC(C)NCc1cccc(Cl)c1Sc1nncs1. The molecule has 0 aliphatic rings. The Labute approximate surface area is 120 Å². The van der Waals surface area contributed by atoms with Crippen molar-refractivity contribution in [2.45, 2.75) is 35.7 Å². The number of benzene rings is 1. The number of halogens is 1. The lowest BCUT2D eigenvalue weighted by atomic mass is 10.2. The molecule has 1 aromatic heterocycles. The van der Waals surface area contributed by atoms with E-state index < -0.39 is 0 Å². The van der Waals surface area contributed by atoms with Crippen molar-refractivity contribution >= 4 is 34.7 Å². The van der Waals surface area contributed by atoms with Gasteiger partial charge in [0.25, 0.3) is 0 Å². The van der Waals surface area contributed by atoms with Crippen LogP contribution in [0.2, 0.25) is 5.02 Å². The molecule has 0 saturated carbocycles. The molecule has 96 valence electrons. The minimum Gasteiger partial charge on any atom is -0.310 e. The lowest BCUT2D eigenvalue weighted by Gasteiger charge is -2.12. The molecule has 0 bridgehead atoms. The van der Waals surface area contributed by atoms with Gasteiger partial charge in [0.15, 0.2) is 4.34 Å². The van der Waals surface area contributed by atoms with Gasteiger partial charge in [-0.2, -0.15) is 0 Å². The second kappa shape index (κ2) is 6.52. The maximum Gasteiger partial charge on any atom is 0.178 e. The average Bonchev–Trinajstić information content (AvgIpc) is 2.82. The van der Waals surface area contributed by atoms with Crippen LogP contribution < -0.4 is 5.32 Å². The van der Waals surface area contributed by atoms with Gasteiger partial charge < -0.3 is 5.32 Å². The first-order valence-corrected chi connectivity index (χ1v) is 7.69. The molecule has 0 amide bonds. The van der Waals surface area contributed by atoms with Crippen LogP contribution in [0.25, 0.3) is 0 Å². The van der Waals surface area contributed by atoms with Crippen molar-refractivity contribution in [3.63, 3.8) is 0 Å². The van der Waals surface area contributed by atoms with Gasteiger partial charge in [-0.3, -0.25) is 0 Å². The monoisotopic (exact) mass is 299 g/mol. The first kappa shape index (κ1) is 13.8. The summed E-state index contributed by atoms with van der Waals surface area (Å²) >= 11 is 9.36.